The minimum Gasteiger partial charge on any atom is -0.497 e. The lowest BCUT2D eigenvalue weighted by Crippen LogP contribution is -2.43. The predicted octanol–water partition coefficient (Wildman–Crippen LogP) is 7.89. The van der Waals surface area contributed by atoms with Gasteiger partial charge in [-0.2, -0.15) is 0 Å². The Morgan fingerprint density at radius 2 is 1.01 bits per heavy atom. The fraction of sp³-hybridized carbons (Fsp3) is 0.519. The Morgan fingerprint density at radius 1 is 0.592 bits per heavy atom. The number of Topliss-reactive ketones (excluding diaryl/α,β-unsaturated/α-hetero) is 2. The zero-order valence-electron chi connectivity index (χ0n) is 45.1. The van der Waals surface area contributed by atoms with Crippen molar-refractivity contribution >= 4 is 75.3 Å². The standard InChI is InChI=1S/2C27H33N3O6S2/c1-16-13-28-21(17(2)24(16)36-6)14-37(32)25-29-20-12-19(35-5)7-8-22(20)30(25)38(33,34)15-27-10-9-18(11-23(27)31)26(27,3)4;1-16-13-28-21(17(2)24(16)36-6)14-37(32)25-29-20-8-7-19(35-5)12-22(20)30(25)38(33,34)15-27-10-9-18(11-23(27)31)26(27,3)4/h2*7-8,12-13,18H,9-11,14-15H2,1-6H3. The number of nitrogens with zero attached hydrogens (tertiary/aromatic N) is 6. The SMILES string of the molecule is COc1ccc2c(c1)nc(S(=O)Cc1ncc(C)c(OC)c1C)n2S(=O)(=O)CC12CCC(CC1=O)C2(C)C.COc1ccc2nc(S(=O)Cc3ncc(C)c(OC)c3C)n(S(=O)(=O)CC34CCC(CC3=O)C4(C)C)c2c1. The number of benzene rings is 2. The Hall–Kier alpha value is -5.58. The Balaban J connectivity index is 0.000000186. The van der Waals surface area contributed by atoms with Crippen LogP contribution in [0, 0.1) is 61.2 Å². The number of pyridine rings is 2. The van der Waals surface area contributed by atoms with Gasteiger partial charge in [-0.1, -0.05) is 27.7 Å². The summed E-state index contributed by atoms with van der Waals surface area (Å²) in [5.74, 6) is 1.80. The van der Waals surface area contributed by atoms with Gasteiger partial charge in [0.1, 0.15) is 34.6 Å². The number of ketones is 2. The zero-order valence-corrected chi connectivity index (χ0v) is 48.3. The molecule has 4 aliphatic carbocycles. The quantitative estimate of drug-likeness (QED) is 0.0896. The molecule has 6 atom stereocenters. The molecular formula is C54H66N6O12S4. The number of rotatable bonds is 16. The lowest BCUT2D eigenvalue weighted by Gasteiger charge is -2.36. The first-order chi connectivity index (χ1) is 35.7. The molecule has 0 spiro atoms. The number of fused-ring (bicyclic) bond motifs is 6. The van der Waals surface area contributed by atoms with Gasteiger partial charge in [0, 0.05) is 59.6 Å². The van der Waals surface area contributed by atoms with Crippen LogP contribution in [0.15, 0.2) is 59.1 Å². The molecule has 22 heteroatoms. The highest BCUT2D eigenvalue weighted by Crippen LogP contribution is 2.65. The minimum absolute atomic E-state index is 0.00132. The van der Waals surface area contributed by atoms with E-state index in [4.69, 9.17) is 18.9 Å². The average molecular weight is 1120 g/mol. The molecule has 4 bridgehead atoms. The molecule has 6 aromatic rings. The molecule has 0 amide bonds. The van der Waals surface area contributed by atoms with Gasteiger partial charge in [-0.3, -0.25) is 28.0 Å². The molecule has 0 saturated heterocycles. The normalized spacial score (nSPS) is 23.2. The Kier molecular flexibility index (Phi) is 14.3. The van der Waals surface area contributed by atoms with E-state index in [9.17, 15) is 34.8 Å². The number of methoxy groups -OCH3 is 4. The van der Waals surface area contributed by atoms with E-state index in [0.717, 1.165) is 43.0 Å². The van der Waals surface area contributed by atoms with Gasteiger partial charge in [0.15, 0.2) is 0 Å². The first-order valence-electron chi connectivity index (χ1n) is 25.1. The fourth-order valence-corrected chi connectivity index (χ4v) is 20.7. The molecule has 4 fully saturated rings. The highest BCUT2D eigenvalue weighted by Gasteiger charge is 2.67. The van der Waals surface area contributed by atoms with E-state index in [0.29, 0.717) is 76.6 Å². The van der Waals surface area contributed by atoms with Crippen LogP contribution in [0.25, 0.3) is 22.1 Å². The van der Waals surface area contributed by atoms with Crippen molar-refractivity contribution in [1.29, 1.82) is 0 Å². The minimum atomic E-state index is -4.16. The zero-order chi connectivity index (χ0) is 55.2. The second kappa shape index (κ2) is 19.7. The van der Waals surface area contributed by atoms with Gasteiger partial charge >= 0.3 is 0 Å². The van der Waals surface area contributed by atoms with E-state index in [2.05, 4.69) is 19.9 Å². The van der Waals surface area contributed by atoms with E-state index in [1.807, 2.05) is 55.4 Å². The summed E-state index contributed by atoms with van der Waals surface area (Å²) in [5.41, 5.74) is 2.70. The number of hydrogen-bond donors (Lipinski definition) is 0. The molecule has 0 radical (unpaired) electrons. The lowest BCUT2D eigenvalue weighted by atomic mass is 9.70. The second-order valence-corrected chi connectivity index (χ2v) is 28.3. The van der Waals surface area contributed by atoms with Crippen molar-refractivity contribution in [3.8, 4) is 23.0 Å². The van der Waals surface area contributed by atoms with Crippen LogP contribution in [0.5, 0.6) is 23.0 Å². The number of ether oxygens (including phenoxy) is 4. The third kappa shape index (κ3) is 8.76. The van der Waals surface area contributed by atoms with Crippen molar-refractivity contribution in [3.63, 3.8) is 0 Å². The Labute approximate surface area is 449 Å². The van der Waals surface area contributed by atoms with E-state index in [1.54, 1.807) is 63.0 Å². The monoisotopic (exact) mass is 1120 g/mol. The molecule has 2 aromatic carbocycles. The van der Waals surface area contributed by atoms with Gasteiger partial charge in [0.2, 0.25) is 30.4 Å². The maximum absolute atomic E-state index is 14.2. The van der Waals surface area contributed by atoms with Crippen LogP contribution in [0.4, 0.5) is 0 Å². The molecule has 0 N–H and O–H groups in total. The summed E-state index contributed by atoms with van der Waals surface area (Å²) in [6, 6.07) is 9.78. The Bertz CT molecular complexity index is 3590. The van der Waals surface area contributed by atoms with Crippen molar-refractivity contribution < 1.29 is 53.8 Å². The molecule has 4 aromatic heterocycles. The summed E-state index contributed by atoms with van der Waals surface area (Å²) in [6.45, 7) is 15.4. The van der Waals surface area contributed by atoms with Gasteiger partial charge in [-0.15, -0.1) is 0 Å². The highest BCUT2D eigenvalue weighted by atomic mass is 32.2. The Morgan fingerprint density at radius 3 is 1.42 bits per heavy atom. The molecule has 0 aliphatic heterocycles. The topological polar surface area (TPSA) is 235 Å². The maximum atomic E-state index is 14.2. The maximum Gasteiger partial charge on any atom is 0.242 e. The molecule has 18 nitrogen and oxygen atoms in total. The van der Waals surface area contributed by atoms with Gasteiger partial charge in [0.25, 0.3) is 0 Å². The van der Waals surface area contributed by atoms with Crippen molar-refractivity contribution in [1.82, 2.24) is 27.9 Å². The van der Waals surface area contributed by atoms with Crippen LogP contribution in [0.2, 0.25) is 0 Å². The van der Waals surface area contributed by atoms with E-state index < -0.39 is 63.3 Å². The predicted molar refractivity (Wildman–Crippen MR) is 289 cm³/mol. The summed E-state index contributed by atoms with van der Waals surface area (Å²) in [6.07, 6.45) is 6.82. The summed E-state index contributed by atoms with van der Waals surface area (Å²) < 4.78 is 108. The third-order valence-electron chi connectivity index (χ3n) is 17.7. The van der Waals surface area contributed by atoms with Gasteiger partial charge in [0.05, 0.1) is 117 Å². The molecule has 6 unspecified atom stereocenters. The van der Waals surface area contributed by atoms with Crippen LogP contribution < -0.4 is 18.9 Å². The van der Waals surface area contributed by atoms with Crippen LogP contribution in [0.3, 0.4) is 0 Å². The van der Waals surface area contributed by atoms with Crippen LogP contribution in [0.1, 0.15) is 99.9 Å². The number of hydrogen-bond acceptors (Lipinski definition) is 16. The summed E-state index contributed by atoms with van der Waals surface area (Å²) in [7, 11) is -5.90. The summed E-state index contributed by atoms with van der Waals surface area (Å²) in [5, 5.41) is -0.189. The van der Waals surface area contributed by atoms with Crippen molar-refractivity contribution in [2.45, 2.75) is 116 Å². The molecule has 76 heavy (non-hydrogen) atoms. The number of aryl methyl sites for hydroxylation is 2. The number of imidazole rings is 2. The second-order valence-electron chi connectivity index (χ2n) is 21.9. The third-order valence-corrected chi connectivity index (χ3v) is 23.9. The van der Waals surface area contributed by atoms with Crippen LogP contribution in [-0.4, -0.2) is 105 Å². The van der Waals surface area contributed by atoms with Gasteiger partial charge in [-0.25, -0.2) is 34.7 Å². The fourth-order valence-electron chi connectivity index (χ4n) is 12.9. The molecule has 10 rings (SSSR count). The summed E-state index contributed by atoms with van der Waals surface area (Å²) in [4.78, 5) is 44.3. The van der Waals surface area contributed by atoms with Gasteiger partial charge < -0.3 is 18.9 Å². The molecular weight excluding hydrogens is 1050 g/mol. The van der Waals surface area contributed by atoms with Crippen molar-refractivity contribution in [2.75, 3.05) is 39.9 Å². The molecule has 408 valence electrons. The van der Waals surface area contributed by atoms with E-state index in [-0.39, 0.29) is 62.2 Å². The lowest BCUT2D eigenvalue weighted by molar-refractivity contribution is -0.128. The van der Waals surface area contributed by atoms with E-state index in [1.165, 1.54) is 14.2 Å². The highest BCUT2D eigenvalue weighted by molar-refractivity contribution is 7.91. The number of carbonyl (C=O) groups is 2. The number of carbonyl (C=O) groups excluding carboxylic acids is 2. The largest absolute Gasteiger partial charge is 0.497 e. The van der Waals surface area contributed by atoms with Crippen LogP contribution >= 0.6 is 0 Å². The molecule has 4 saturated carbocycles. The van der Waals surface area contributed by atoms with Crippen LogP contribution in [-0.2, 0) is 62.7 Å². The number of aromatic nitrogens is 6. The smallest absolute Gasteiger partial charge is 0.242 e. The average Bonchev–Trinajstić information content (AvgIpc) is 4.19. The molecule has 4 heterocycles. The molecule has 4 aliphatic rings. The van der Waals surface area contributed by atoms with Crippen molar-refractivity contribution in [3.05, 3.63) is 82.4 Å². The van der Waals surface area contributed by atoms with Gasteiger partial charge in [-0.05, 0) is 100 Å². The first kappa shape index (κ1) is 55.2. The first-order valence-corrected chi connectivity index (χ1v) is 31.0. The summed E-state index contributed by atoms with van der Waals surface area (Å²) >= 11 is 0. The van der Waals surface area contributed by atoms with E-state index >= 15 is 0 Å². The van der Waals surface area contributed by atoms with Crippen molar-refractivity contribution in [2.24, 2.45) is 33.5 Å².